The summed E-state index contributed by atoms with van der Waals surface area (Å²) in [6.07, 6.45) is -0.0363. The van der Waals surface area contributed by atoms with Crippen LogP contribution in [0.1, 0.15) is 56.4 Å². The molecule has 0 spiro atoms. The molecule has 10 nitrogen and oxygen atoms in total. The van der Waals surface area contributed by atoms with E-state index in [1.165, 1.54) is 12.1 Å². The van der Waals surface area contributed by atoms with Crippen molar-refractivity contribution in [2.24, 2.45) is 11.8 Å². The van der Waals surface area contributed by atoms with Gasteiger partial charge in [-0.3, -0.25) is 19.7 Å². The van der Waals surface area contributed by atoms with Gasteiger partial charge in [-0.2, -0.15) is 0 Å². The van der Waals surface area contributed by atoms with Gasteiger partial charge in [0, 0.05) is 13.0 Å². The number of nitrogens with one attached hydrogen (secondary N) is 4. The molecule has 0 saturated carbocycles. The minimum absolute atomic E-state index is 0.0302. The molecule has 10 heteroatoms. The molecule has 3 aromatic carbocycles. The summed E-state index contributed by atoms with van der Waals surface area (Å²) in [4.78, 5) is 53.2. The van der Waals surface area contributed by atoms with E-state index in [1.54, 1.807) is 26.0 Å². The van der Waals surface area contributed by atoms with Crippen LogP contribution in [0.5, 0.6) is 5.75 Å². The molecule has 3 rings (SSSR count). The SMILES string of the molecule is CC[C@H](C)[C@H](NCc1ccc(C)cc1)C(=O)NC(=O)[C@H](Cc1ccc(O)cc1)NC(=O)[C@@H](NC(=O)OCc1ccccc1)C(C)C. The Labute approximate surface area is 271 Å². The second kappa shape index (κ2) is 17.7. The highest BCUT2D eigenvalue weighted by Crippen LogP contribution is 2.14. The highest BCUT2D eigenvalue weighted by atomic mass is 16.5. The lowest BCUT2D eigenvalue weighted by Gasteiger charge is -2.27. The lowest BCUT2D eigenvalue weighted by atomic mass is 9.97. The Hall–Kier alpha value is -4.70. The highest BCUT2D eigenvalue weighted by molar-refractivity contribution is 6.01. The molecule has 46 heavy (non-hydrogen) atoms. The van der Waals surface area contributed by atoms with E-state index in [0.29, 0.717) is 18.5 Å². The van der Waals surface area contributed by atoms with Gasteiger partial charge in [-0.1, -0.05) is 106 Å². The number of phenols is 1. The predicted molar refractivity (Wildman–Crippen MR) is 177 cm³/mol. The summed E-state index contributed by atoms with van der Waals surface area (Å²) < 4.78 is 5.31. The summed E-state index contributed by atoms with van der Waals surface area (Å²) in [7, 11) is 0. The van der Waals surface area contributed by atoms with Gasteiger partial charge in [0.1, 0.15) is 24.4 Å². The van der Waals surface area contributed by atoms with Crippen molar-refractivity contribution in [3.63, 3.8) is 0 Å². The molecular formula is C36H46N4O6. The number of benzene rings is 3. The van der Waals surface area contributed by atoms with Crippen LogP contribution in [-0.2, 0) is 38.7 Å². The number of aromatic hydroxyl groups is 1. The van der Waals surface area contributed by atoms with E-state index in [9.17, 15) is 24.3 Å². The maximum absolute atomic E-state index is 13.6. The van der Waals surface area contributed by atoms with Gasteiger partial charge in [-0.05, 0) is 47.6 Å². The summed E-state index contributed by atoms with van der Waals surface area (Å²) in [6, 6.07) is 20.5. The second-order valence-electron chi connectivity index (χ2n) is 11.9. The maximum Gasteiger partial charge on any atom is 0.408 e. The first-order chi connectivity index (χ1) is 22.0. The molecule has 0 aromatic heterocycles. The fourth-order valence-electron chi connectivity index (χ4n) is 4.77. The van der Waals surface area contributed by atoms with E-state index < -0.39 is 41.9 Å². The van der Waals surface area contributed by atoms with Crippen molar-refractivity contribution in [2.45, 2.75) is 78.7 Å². The van der Waals surface area contributed by atoms with Crippen LogP contribution in [0, 0.1) is 18.8 Å². The van der Waals surface area contributed by atoms with Crippen molar-refractivity contribution in [1.29, 1.82) is 0 Å². The van der Waals surface area contributed by atoms with Gasteiger partial charge < -0.3 is 25.8 Å². The first-order valence-electron chi connectivity index (χ1n) is 15.7. The van der Waals surface area contributed by atoms with E-state index in [-0.39, 0.29) is 30.6 Å². The van der Waals surface area contributed by atoms with E-state index in [4.69, 9.17) is 4.74 Å². The third-order valence-electron chi connectivity index (χ3n) is 7.83. The van der Waals surface area contributed by atoms with E-state index in [0.717, 1.165) is 16.7 Å². The number of hydrogen-bond acceptors (Lipinski definition) is 7. The number of phenolic OH excluding ortho intramolecular Hbond substituents is 1. The van der Waals surface area contributed by atoms with E-state index in [1.807, 2.05) is 75.4 Å². The van der Waals surface area contributed by atoms with Crippen LogP contribution < -0.4 is 21.3 Å². The lowest BCUT2D eigenvalue weighted by Crippen LogP contribution is -2.58. The molecule has 0 radical (unpaired) electrons. The number of carbonyl (C=O) groups excluding carboxylic acids is 4. The Morgan fingerprint density at radius 3 is 1.98 bits per heavy atom. The first kappa shape index (κ1) is 35.8. The average Bonchev–Trinajstić information content (AvgIpc) is 3.04. The summed E-state index contributed by atoms with van der Waals surface area (Å²) in [6.45, 7) is 9.89. The molecule has 246 valence electrons. The van der Waals surface area contributed by atoms with Gasteiger partial charge in [0.15, 0.2) is 0 Å². The molecule has 3 aromatic rings. The van der Waals surface area contributed by atoms with Crippen molar-refractivity contribution in [3.05, 3.63) is 101 Å². The monoisotopic (exact) mass is 630 g/mol. The fourth-order valence-corrected chi connectivity index (χ4v) is 4.77. The number of imide groups is 1. The number of ether oxygens (including phenoxy) is 1. The number of alkyl carbamates (subject to hydrolysis) is 1. The molecule has 4 atom stereocenters. The van der Waals surface area contributed by atoms with Gasteiger partial charge in [-0.15, -0.1) is 0 Å². The standard InChI is InChI=1S/C36H46N4O6/c1-6-25(5)32(37-21-27-14-12-24(4)13-15-27)35(44)40-33(42)30(20-26-16-18-29(41)19-17-26)38-34(43)31(23(2)3)39-36(45)46-22-28-10-8-7-9-11-28/h7-19,23,25,30-32,37,41H,6,20-22H2,1-5H3,(H,38,43)(H,39,45)(H,40,42,44)/t25-,30-,31-,32-/m0/s1. The largest absolute Gasteiger partial charge is 0.508 e. The number of rotatable bonds is 15. The molecular weight excluding hydrogens is 584 g/mol. The van der Waals surface area contributed by atoms with Crippen LogP contribution in [-0.4, -0.2) is 47.0 Å². The zero-order valence-electron chi connectivity index (χ0n) is 27.2. The summed E-state index contributed by atoms with van der Waals surface area (Å²) in [5.74, 6) is -2.17. The van der Waals surface area contributed by atoms with Gasteiger partial charge >= 0.3 is 6.09 Å². The quantitative estimate of drug-likeness (QED) is 0.166. The Balaban J connectivity index is 1.73. The number of aryl methyl sites for hydroxylation is 1. The van der Waals surface area contributed by atoms with Crippen LogP contribution in [0.25, 0.3) is 0 Å². The second-order valence-corrected chi connectivity index (χ2v) is 11.9. The van der Waals surface area contributed by atoms with Gasteiger partial charge in [0.25, 0.3) is 0 Å². The van der Waals surface area contributed by atoms with Gasteiger partial charge in [-0.25, -0.2) is 4.79 Å². The van der Waals surface area contributed by atoms with E-state index in [2.05, 4.69) is 21.3 Å². The van der Waals surface area contributed by atoms with Gasteiger partial charge in [0.05, 0.1) is 6.04 Å². The Kier molecular flexibility index (Phi) is 13.8. The molecule has 0 aliphatic rings. The summed E-state index contributed by atoms with van der Waals surface area (Å²) in [5, 5.41) is 20.9. The summed E-state index contributed by atoms with van der Waals surface area (Å²) in [5.41, 5.74) is 3.58. The Bertz CT molecular complexity index is 1430. The van der Waals surface area contributed by atoms with Crippen LogP contribution in [0.3, 0.4) is 0 Å². The zero-order valence-corrected chi connectivity index (χ0v) is 27.2. The Morgan fingerprint density at radius 2 is 1.37 bits per heavy atom. The van der Waals surface area contributed by atoms with Crippen molar-refractivity contribution in [3.8, 4) is 5.75 Å². The first-order valence-corrected chi connectivity index (χ1v) is 15.7. The van der Waals surface area contributed by atoms with Gasteiger partial charge in [0.2, 0.25) is 17.7 Å². The molecule has 0 aliphatic carbocycles. The normalized spacial score (nSPS) is 13.6. The number of carbonyl (C=O) groups is 4. The summed E-state index contributed by atoms with van der Waals surface area (Å²) >= 11 is 0. The van der Waals surface area contributed by atoms with Crippen molar-refractivity contribution in [1.82, 2.24) is 21.3 Å². The van der Waals surface area contributed by atoms with Crippen LogP contribution >= 0.6 is 0 Å². The van der Waals surface area contributed by atoms with Crippen LogP contribution in [0.4, 0.5) is 4.79 Å². The third-order valence-corrected chi connectivity index (χ3v) is 7.83. The molecule has 0 unspecified atom stereocenters. The highest BCUT2D eigenvalue weighted by Gasteiger charge is 2.32. The van der Waals surface area contributed by atoms with Crippen molar-refractivity contribution >= 4 is 23.8 Å². The van der Waals surface area contributed by atoms with Crippen molar-refractivity contribution in [2.75, 3.05) is 0 Å². The van der Waals surface area contributed by atoms with Crippen molar-refractivity contribution < 1.29 is 29.0 Å². The molecule has 0 aliphatic heterocycles. The average molecular weight is 631 g/mol. The fraction of sp³-hybridized carbons (Fsp3) is 0.389. The van der Waals surface area contributed by atoms with Crippen LogP contribution in [0.2, 0.25) is 0 Å². The minimum atomic E-state index is -1.15. The smallest absolute Gasteiger partial charge is 0.408 e. The lowest BCUT2D eigenvalue weighted by molar-refractivity contribution is -0.136. The minimum Gasteiger partial charge on any atom is -0.508 e. The number of amides is 4. The maximum atomic E-state index is 13.6. The molecule has 0 bridgehead atoms. The van der Waals surface area contributed by atoms with E-state index >= 15 is 0 Å². The molecule has 5 N–H and O–H groups in total. The molecule has 4 amide bonds. The molecule has 0 heterocycles. The van der Waals surface area contributed by atoms with Crippen LogP contribution in [0.15, 0.2) is 78.9 Å². The molecule has 0 fully saturated rings. The zero-order chi connectivity index (χ0) is 33.6. The third kappa shape index (κ3) is 11.3. The Morgan fingerprint density at radius 1 is 0.739 bits per heavy atom. The molecule has 0 saturated heterocycles. The topological polar surface area (TPSA) is 146 Å². The number of hydrogen-bond donors (Lipinski definition) is 5. The predicted octanol–water partition coefficient (Wildman–Crippen LogP) is 4.53.